The molecule has 1 saturated heterocycles. The van der Waals surface area contributed by atoms with E-state index in [1.54, 1.807) is 4.90 Å². The summed E-state index contributed by atoms with van der Waals surface area (Å²) in [6.45, 7) is 8.34. The molecule has 1 aliphatic heterocycles. The van der Waals surface area contributed by atoms with Gasteiger partial charge in [-0.15, -0.1) is 0 Å². The third kappa shape index (κ3) is 6.29. The van der Waals surface area contributed by atoms with Crippen LogP contribution in [0.15, 0.2) is 30.3 Å². The number of carbonyl (C=O) groups is 2. The van der Waals surface area contributed by atoms with Crippen LogP contribution < -0.4 is 5.32 Å². The van der Waals surface area contributed by atoms with Gasteiger partial charge in [0.05, 0.1) is 0 Å². The van der Waals surface area contributed by atoms with Crippen LogP contribution in [0.4, 0.5) is 9.59 Å². The highest BCUT2D eigenvalue weighted by molar-refractivity contribution is 5.71. The van der Waals surface area contributed by atoms with Crippen LogP contribution >= 0.6 is 0 Å². The number of piperidine rings is 1. The maximum absolute atomic E-state index is 12.4. The lowest BCUT2D eigenvalue weighted by Gasteiger charge is -2.39. The van der Waals surface area contributed by atoms with Gasteiger partial charge < -0.3 is 14.8 Å². The highest BCUT2D eigenvalue weighted by atomic mass is 16.6. The Labute approximate surface area is 149 Å². The molecular weight excluding hydrogens is 320 g/mol. The summed E-state index contributed by atoms with van der Waals surface area (Å²) in [4.78, 5) is 26.1. The van der Waals surface area contributed by atoms with E-state index in [4.69, 9.17) is 9.47 Å². The fourth-order valence-corrected chi connectivity index (χ4v) is 2.72. The molecule has 1 aromatic carbocycles. The molecule has 2 rings (SSSR count). The molecule has 1 N–H and O–H groups in total. The topological polar surface area (TPSA) is 67.9 Å². The number of benzene rings is 1. The number of likely N-dealkylation sites (tertiary alicyclic amines) is 1. The first kappa shape index (κ1) is 19.1. The van der Waals surface area contributed by atoms with Gasteiger partial charge in [0, 0.05) is 6.54 Å². The summed E-state index contributed by atoms with van der Waals surface area (Å²) in [5.41, 5.74) is 0.345. The Kier molecular flexibility index (Phi) is 6.28. The zero-order valence-electron chi connectivity index (χ0n) is 15.5. The predicted molar refractivity (Wildman–Crippen MR) is 94.9 cm³/mol. The number of alkyl carbamates (subject to hydrolysis) is 1. The summed E-state index contributed by atoms with van der Waals surface area (Å²) in [7, 11) is 0. The van der Waals surface area contributed by atoms with Crippen molar-refractivity contribution in [3.8, 4) is 0 Å². The first-order valence-electron chi connectivity index (χ1n) is 8.71. The summed E-state index contributed by atoms with van der Waals surface area (Å²) in [5, 5.41) is 2.80. The number of hydrogen-bond acceptors (Lipinski definition) is 4. The lowest BCUT2D eigenvalue weighted by molar-refractivity contribution is 0.000283. The molecule has 2 atom stereocenters. The van der Waals surface area contributed by atoms with E-state index >= 15 is 0 Å². The predicted octanol–water partition coefficient (Wildman–Crippen LogP) is 3.91. The third-order valence-electron chi connectivity index (χ3n) is 3.99. The smallest absolute Gasteiger partial charge is 0.411 e. The minimum atomic E-state index is -0.571. The van der Waals surface area contributed by atoms with Crippen LogP contribution in [-0.4, -0.2) is 35.4 Å². The molecule has 0 spiro atoms. The van der Waals surface area contributed by atoms with Crippen molar-refractivity contribution >= 4 is 12.2 Å². The first-order valence-corrected chi connectivity index (χ1v) is 8.71. The van der Waals surface area contributed by atoms with Crippen molar-refractivity contribution in [2.75, 3.05) is 6.54 Å². The van der Waals surface area contributed by atoms with Crippen molar-refractivity contribution in [3.63, 3.8) is 0 Å². The van der Waals surface area contributed by atoms with Gasteiger partial charge in [0.25, 0.3) is 0 Å². The number of ether oxygens (including phenoxy) is 2. The highest BCUT2D eigenvalue weighted by Crippen LogP contribution is 2.23. The molecule has 1 aromatic rings. The molecular formula is C19H28N2O4. The van der Waals surface area contributed by atoms with Crippen LogP contribution in [-0.2, 0) is 16.1 Å². The summed E-state index contributed by atoms with van der Waals surface area (Å²) >= 11 is 0. The van der Waals surface area contributed by atoms with Gasteiger partial charge in [-0.2, -0.15) is 0 Å². The van der Waals surface area contributed by atoms with Crippen LogP contribution in [0.3, 0.4) is 0 Å². The van der Waals surface area contributed by atoms with Crippen LogP contribution in [0.2, 0.25) is 0 Å². The molecule has 6 nitrogen and oxygen atoms in total. The fourth-order valence-electron chi connectivity index (χ4n) is 2.72. The molecule has 25 heavy (non-hydrogen) atoms. The quantitative estimate of drug-likeness (QED) is 0.899. The van der Waals surface area contributed by atoms with Gasteiger partial charge in [0.1, 0.15) is 18.4 Å². The van der Waals surface area contributed by atoms with Gasteiger partial charge in [0.2, 0.25) is 0 Å². The SMILES string of the molecule is CC1CCN(C(=O)OC(C)(C)C)C(NC(=O)OCc2ccccc2)C1. The largest absolute Gasteiger partial charge is 0.445 e. The number of nitrogens with one attached hydrogen (secondary N) is 1. The second kappa shape index (κ2) is 8.23. The average Bonchev–Trinajstić information content (AvgIpc) is 2.52. The van der Waals surface area contributed by atoms with E-state index in [2.05, 4.69) is 12.2 Å². The fraction of sp³-hybridized carbons (Fsp3) is 0.579. The molecule has 2 amide bonds. The minimum Gasteiger partial charge on any atom is -0.445 e. The molecule has 0 radical (unpaired) electrons. The standard InChI is InChI=1S/C19H28N2O4/c1-14-10-11-21(18(23)25-19(2,3)4)16(12-14)20-17(22)24-13-15-8-6-5-7-9-15/h5-9,14,16H,10-13H2,1-4H3,(H,20,22). The van der Waals surface area contributed by atoms with Crippen molar-refractivity contribution in [1.82, 2.24) is 10.2 Å². The van der Waals surface area contributed by atoms with Crippen molar-refractivity contribution in [2.24, 2.45) is 5.92 Å². The van der Waals surface area contributed by atoms with Crippen molar-refractivity contribution in [2.45, 2.75) is 58.9 Å². The molecule has 138 valence electrons. The second-order valence-corrected chi connectivity index (χ2v) is 7.53. The normalized spacial score (nSPS) is 20.7. The van der Waals surface area contributed by atoms with E-state index in [1.807, 2.05) is 51.1 Å². The molecule has 0 saturated carbocycles. The van der Waals surface area contributed by atoms with Gasteiger partial charge in [0.15, 0.2) is 0 Å². The third-order valence-corrected chi connectivity index (χ3v) is 3.99. The lowest BCUT2D eigenvalue weighted by atomic mass is 9.97. The van der Waals surface area contributed by atoms with Crippen molar-refractivity contribution < 1.29 is 19.1 Å². The monoisotopic (exact) mass is 348 g/mol. The van der Waals surface area contributed by atoms with Crippen molar-refractivity contribution in [3.05, 3.63) is 35.9 Å². The molecule has 0 aliphatic carbocycles. The number of amides is 2. The number of rotatable bonds is 3. The Morgan fingerprint density at radius 2 is 1.92 bits per heavy atom. The van der Waals surface area contributed by atoms with Gasteiger partial charge in [-0.25, -0.2) is 9.59 Å². The van der Waals surface area contributed by atoms with Crippen LogP contribution in [0.1, 0.15) is 46.1 Å². The lowest BCUT2D eigenvalue weighted by Crippen LogP contribution is -2.55. The zero-order valence-corrected chi connectivity index (χ0v) is 15.5. The van der Waals surface area contributed by atoms with E-state index in [-0.39, 0.29) is 6.61 Å². The van der Waals surface area contributed by atoms with Crippen molar-refractivity contribution in [1.29, 1.82) is 0 Å². The van der Waals surface area contributed by atoms with Gasteiger partial charge >= 0.3 is 12.2 Å². The summed E-state index contributed by atoms with van der Waals surface area (Å²) < 4.78 is 10.7. The first-order chi connectivity index (χ1) is 11.7. The van der Waals surface area contributed by atoms with Gasteiger partial charge in [-0.1, -0.05) is 37.3 Å². The summed E-state index contributed by atoms with van der Waals surface area (Å²) in [5.74, 6) is 0.415. The number of nitrogens with zero attached hydrogens (tertiary/aromatic N) is 1. The Morgan fingerprint density at radius 3 is 2.56 bits per heavy atom. The zero-order chi connectivity index (χ0) is 18.4. The second-order valence-electron chi connectivity index (χ2n) is 7.53. The minimum absolute atomic E-state index is 0.196. The highest BCUT2D eigenvalue weighted by Gasteiger charge is 2.34. The number of hydrogen-bond donors (Lipinski definition) is 1. The summed E-state index contributed by atoms with van der Waals surface area (Å²) in [6.07, 6.45) is 0.210. The Bertz CT molecular complexity index is 583. The molecule has 1 heterocycles. The Hall–Kier alpha value is -2.24. The average molecular weight is 348 g/mol. The summed E-state index contributed by atoms with van der Waals surface area (Å²) in [6, 6.07) is 9.48. The van der Waals surface area contributed by atoms with Crippen LogP contribution in [0.5, 0.6) is 0 Å². The van der Waals surface area contributed by atoms with E-state index < -0.39 is 24.0 Å². The molecule has 2 unspecified atom stereocenters. The van der Waals surface area contributed by atoms with Gasteiger partial charge in [-0.05, 0) is 45.1 Å². The maximum atomic E-state index is 12.4. The van der Waals surface area contributed by atoms with Crippen LogP contribution in [0, 0.1) is 5.92 Å². The van der Waals surface area contributed by atoms with E-state index in [0.717, 1.165) is 12.0 Å². The molecule has 1 fully saturated rings. The van der Waals surface area contributed by atoms with E-state index in [1.165, 1.54) is 0 Å². The van der Waals surface area contributed by atoms with Crippen LogP contribution in [0.25, 0.3) is 0 Å². The molecule has 1 aliphatic rings. The molecule has 0 aromatic heterocycles. The van der Waals surface area contributed by atoms with Gasteiger partial charge in [-0.3, -0.25) is 4.90 Å². The Balaban J connectivity index is 1.93. The maximum Gasteiger partial charge on any atom is 0.411 e. The number of carbonyl (C=O) groups excluding carboxylic acids is 2. The van der Waals surface area contributed by atoms with E-state index in [9.17, 15) is 9.59 Å². The Morgan fingerprint density at radius 1 is 1.24 bits per heavy atom. The van der Waals surface area contributed by atoms with E-state index in [0.29, 0.717) is 18.9 Å². The molecule has 6 heteroatoms. The molecule has 0 bridgehead atoms.